The Bertz CT molecular complexity index is 936. The number of aromatic nitrogens is 5. The molecule has 1 fully saturated rings. The number of aryl methyl sites for hydroxylation is 2. The molecule has 7 heteroatoms. The number of nitrogens with zero attached hydrogens (tertiary/aromatic N) is 6. The second-order valence-corrected chi connectivity index (χ2v) is 6.69. The van der Waals surface area contributed by atoms with Crippen molar-refractivity contribution in [3.05, 3.63) is 42.1 Å². The van der Waals surface area contributed by atoms with E-state index in [9.17, 15) is 4.79 Å². The van der Waals surface area contributed by atoms with E-state index < -0.39 is 0 Å². The number of anilines is 1. The molecular formula is C19H22N6O. The molecule has 134 valence electrons. The maximum Gasteiger partial charge on any atom is 0.185 e. The molecule has 0 aliphatic carbocycles. The second-order valence-electron chi connectivity index (χ2n) is 6.69. The predicted octanol–water partition coefficient (Wildman–Crippen LogP) is 2.42. The number of hydrogen-bond donors (Lipinski definition) is 0. The zero-order valence-corrected chi connectivity index (χ0v) is 15.1. The number of piperidine rings is 1. The van der Waals surface area contributed by atoms with Crippen molar-refractivity contribution in [2.75, 3.05) is 18.0 Å². The first-order chi connectivity index (χ1) is 12.7. The van der Waals surface area contributed by atoms with Crippen molar-refractivity contribution >= 4 is 22.6 Å². The summed E-state index contributed by atoms with van der Waals surface area (Å²) >= 11 is 0. The average Bonchev–Trinajstić information content (AvgIpc) is 3.08. The lowest BCUT2D eigenvalue weighted by atomic mass is 9.92. The molecule has 0 radical (unpaired) electrons. The van der Waals surface area contributed by atoms with Crippen LogP contribution in [0.5, 0.6) is 0 Å². The summed E-state index contributed by atoms with van der Waals surface area (Å²) in [5.74, 6) is 1.74. The summed E-state index contributed by atoms with van der Waals surface area (Å²) in [5.41, 5.74) is 1.38. The number of rotatable bonds is 4. The van der Waals surface area contributed by atoms with Crippen LogP contribution in [-0.2, 0) is 13.5 Å². The minimum atomic E-state index is -0.0644. The lowest BCUT2D eigenvalue weighted by Crippen LogP contribution is -2.39. The molecule has 3 aromatic heterocycles. The Morgan fingerprint density at radius 3 is 2.96 bits per heavy atom. The number of carbonyl (C=O) groups is 1. The molecule has 0 aromatic carbocycles. The lowest BCUT2D eigenvalue weighted by Gasteiger charge is -2.33. The zero-order valence-electron chi connectivity index (χ0n) is 15.1. The van der Waals surface area contributed by atoms with Crippen LogP contribution in [0.25, 0.3) is 11.0 Å². The predicted molar refractivity (Wildman–Crippen MR) is 99.2 cm³/mol. The van der Waals surface area contributed by atoms with E-state index in [0.717, 1.165) is 48.5 Å². The van der Waals surface area contributed by atoms with Gasteiger partial charge in [-0.1, -0.05) is 13.0 Å². The van der Waals surface area contributed by atoms with Gasteiger partial charge in [-0.3, -0.25) is 14.5 Å². The van der Waals surface area contributed by atoms with Crippen LogP contribution in [0.3, 0.4) is 0 Å². The van der Waals surface area contributed by atoms with Crippen LogP contribution < -0.4 is 4.90 Å². The van der Waals surface area contributed by atoms with Crippen LogP contribution >= 0.6 is 0 Å². The molecule has 0 saturated carbocycles. The standard InChI is InChI=1S/C19H22N6O/c1-3-16-22-18-14(11-21-24(18)2)19(23-16)25-10-6-7-13(12-25)17(26)15-8-4-5-9-20-15/h4-5,8-9,11,13H,3,6-7,10,12H2,1-2H3/t13-/m1/s1. The van der Waals surface area contributed by atoms with Gasteiger partial charge in [-0.15, -0.1) is 0 Å². The fourth-order valence-electron chi connectivity index (χ4n) is 3.55. The quantitative estimate of drug-likeness (QED) is 0.673. The Morgan fingerprint density at radius 1 is 1.31 bits per heavy atom. The number of fused-ring (bicyclic) bond motifs is 1. The van der Waals surface area contributed by atoms with E-state index in [1.165, 1.54) is 0 Å². The van der Waals surface area contributed by atoms with Gasteiger partial charge < -0.3 is 4.90 Å². The van der Waals surface area contributed by atoms with Crippen LogP contribution in [0.15, 0.2) is 30.6 Å². The third kappa shape index (κ3) is 2.94. The van der Waals surface area contributed by atoms with Crippen LogP contribution in [0.2, 0.25) is 0 Å². The minimum Gasteiger partial charge on any atom is -0.355 e. The van der Waals surface area contributed by atoms with Crippen LogP contribution in [0.4, 0.5) is 5.82 Å². The van der Waals surface area contributed by atoms with Crippen molar-refractivity contribution in [3.63, 3.8) is 0 Å². The third-order valence-corrected chi connectivity index (χ3v) is 4.94. The van der Waals surface area contributed by atoms with Gasteiger partial charge in [0, 0.05) is 38.7 Å². The second kappa shape index (κ2) is 6.82. The summed E-state index contributed by atoms with van der Waals surface area (Å²) < 4.78 is 1.78. The van der Waals surface area contributed by atoms with E-state index in [1.807, 2.05) is 32.3 Å². The van der Waals surface area contributed by atoms with Crippen molar-refractivity contribution in [2.24, 2.45) is 13.0 Å². The van der Waals surface area contributed by atoms with Crippen LogP contribution in [0.1, 0.15) is 36.1 Å². The van der Waals surface area contributed by atoms with Gasteiger partial charge in [0.15, 0.2) is 11.4 Å². The van der Waals surface area contributed by atoms with E-state index in [1.54, 1.807) is 16.9 Å². The Hall–Kier alpha value is -2.83. The number of pyridine rings is 1. The van der Waals surface area contributed by atoms with E-state index >= 15 is 0 Å². The first-order valence-corrected chi connectivity index (χ1v) is 9.06. The molecule has 0 amide bonds. The minimum absolute atomic E-state index is 0.0644. The van der Waals surface area contributed by atoms with Gasteiger partial charge in [0.05, 0.1) is 11.6 Å². The smallest absolute Gasteiger partial charge is 0.185 e. The van der Waals surface area contributed by atoms with E-state index in [2.05, 4.69) is 20.0 Å². The fourth-order valence-corrected chi connectivity index (χ4v) is 3.55. The summed E-state index contributed by atoms with van der Waals surface area (Å²) in [6, 6.07) is 5.48. The Labute approximate surface area is 152 Å². The molecular weight excluding hydrogens is 328 g/mol. The number of ketones is 1. The molecule has 4 rings (SSSR count). The molecule has 0 N–H and O–H groups in total. The van der Waals surface area contributed by atoms with Gasteiger partial charge in [0.25, 0.3) is 0 Å². The topological polar surface area (TPSA) is 76.8 Å². The van der Waals surface area contributed by atoms with Gasteiger partial charge in [-0.05, 0) is 25.0 Å². The van der Waals surface area contributed by atoms with Gasteiger partial charge in [0.1, 0.15) is 17.3 Å². The normalized spacial score (nSPS) is 17.6. The highest BCUT2D eigenvalue weighted by Crippen LogP contribution is 2.29. The molecule has 26 heavy (non-hydrogen) atoms. The van der Waals surface area contributed by atoms with Crippen molar-refractivity contribution in [1.29, 1.82) is 0 Å². The number of carbonyl (C=O) groups excluding carboxylic acids is 1. The zero-order chi connectivity index (χ0) is 18.1. The Morgan fingerprint density at radius 2 is 2.19 bits per heavy atom. The van der Waals surface area contributed by atoms with Crippen LogP contribution in [0, 0.1) is 5.92 Å². The molecule has 3 aromatic rings. The van der Waals surface area contributed by atoms with E-state index in [4.69, 9.17) is 4.98 Å². The first kappa shape index (κ1) is 16.6. The van der Waals surface area contributed by atoms with Gasteiger partial charge in [0.2, 0.25) is 0 Å². The van der Waals surface area contributed by atoms with Crippen molar-refractivity contribution in [1.82, 2.24) is 24.7 Å². The van der Waals surface area contributed by atoms with Gasteiger partial charge >= 0.3 is 0 Å². The molecule has 1 aliphatic rings. The molecule has 0 spiro atoms. The van der Waals surface area contributed by atoms with Crippen molar-refractivity contribution in [3.8, 4) is 0 Å². The van der Waals surface area contributed by atoms with Gasteiger partial charge in [-0.2, -0.15) is 5.10 Å². The number of Topliss-reactive ketones (excluding diaryl/α,β-unsaturated/α-hetero) is 1. The SMILES string of the molecule is CCc1nc(N2CCC[C@@H](C(=O)c3ccccn3)C2)c2cnn(C)c2n1. The van der Waals surface area contributed by atoms with Crippen LogP contribution in [-0.4, -0.2) is 43.6 Å². The molecule has 7 nitrogen and oxygen atoms in total. The molecule has 0 unspecified atom stereocenters. The first-order valence-electron chi connectivity index (χ1n) is 9.06. The molecule has 4 heterocycles. The van der Waals surface area contributed by atoms with Crippen molar-refractivity contribution in [2.45, 2.75) is 26.2 Å². The molecule has 1 atom stereocenters. The summed E-state index contributed by atoms with van der Waals surface area (Å²) in [7, 11) is 1.89. The molecule has 1 saturated heterocycles. The summed E-state index contributed by atoms with van der Waals surface area (Å²) in [5, 5.41) is 5.28. The van der Waals surface area contributed by atoms with E-state index in [-0.39, 0.29) is 11.7 Å². The van der Waals surface area contributed by atoms with E-state index in [0.29, 0.717) is 12.2 Å². The van der Waals surface area contributed by atoms with Crippen molar-refractivity contribution < 1.29 is 4.79 Å². The summed E-state index contributed by atoms with van der Waals surface area (Å²) in [4.78, 5) is 28.6. The molecule has 0 bridgehead atoms. The molecule has 1 aliphatic heterocycles. The fraction of sp³-hybridized carbons (Fsp3) is 0.421. The summed E-state index contributed by atoms with van der Waals surface area (Å²) in [6.45, 7) is 3.58. The highest BCUT2D eigenvalue weighted by molar-refractivity contribution is 5.96. The average molecular weight is 350 g/mol. The Balaban J connectivity index is 1.66. The maximum atomic E-state index is 12.8. The number of hydrogen-bond acceptors (Lipinski definition) is 6. The monoisotopic (exact) mass is 350 g/mol. The lowest BCUT2D eigenvalue weighted by molar-refractivity contribution is 0.0902. The summed E-state index contributed by atoms with van der Waals surface area (Å²) in [6.07, 6.45) is 6.09. The largest absolute Gasteiger partial charge is 0.355 e. The Kier molecular flexibility index (Phi) is 4.36. The highest BCUT2D eigenvalue weighted by Gasteiger charge is 2.29. The highest BCUT2D eigenvalue weighted by atomic mass is 16.1. The van der Waals surface area contributed by atoms with Gasteiger partial charge in [-0.25, -0.2) is 9.97 Å². The maximum absolute atomic E-state index is 12.8. The third-order valence-electron chi connectivity index (χ3n) is 4.94.